The number of hydrogen-bond acceptors (Lipinski definition) is 3. The van der Waals surface area contributed by atoms with Crippen molar-refractivity contribution in [2.75, 3.05) is 18.1 Å². The van der Waals surface area contributed by atoms with Gasteiger partial charge in [-0.2, -0.15) is 6.42 Å². The van der Waals surface area contributed by atoms with Crippen molar-refractivity contribution in [2.24, 2.45) is 5.92 Å². The van der Waals surface area contributed by atoms with Crippen molar-refractivity contribution in [3.63, 3.8) is 0 Å². The van der Waals surface area contributed by atoms with Crippen molar-refractivity contribution in [3.05, 3.63) is 6.92 Å². The molecule has 0 aliphatic rings. The lowest BCUT2D eigenvalue weighted by atomic mass is 10.0. The average molecular weight is 305 g/mol. The Morgan fingerprint density at radius 3 is 2.63 bits per heavy atom. The van der Waals surface area contributed by atoms with E-state index in [4.69, 9.17) is 0 Å². The maximum absolute atomic E-state index is 11.5. The fourth-order valence-electron chi connectivity index (χ4n) is 1.57. The van der Waals surface area contributed by atoms with Crippen molar-refractivity contribution < 1.29 is 4.79 Å². The molecule has 0 aliphatic carbocycles. The highest BCUT2D eigenvalue weighted by Gasteiger charge is 2.01. The SMILES string of the molecule is [CH2-]CC(C)CCCCNC(=O)CCCSSCCC. The van der Waals surface area contributed by atoms with E-state index in [1.807, 2.05) is 21.6 Å². The minimum absolute atomic E-state index is 0.214. The highest BCUT2D eigenvalue weighted by atomic mass is 33.1. The molecule has 0 radical (unpaired) electrons. The van der Waals surface area contributed by atoms with Gasteiger partial charge < -0.3 is 12.2 Å². The summed E-state index contributed by atoms with van der Waals surface area (Å²) in [5.41, 5.74) is 0. The first-order chi connectivity index (χ1) is 9.20. The van der Waals surface area contributed by atoms with Crippen molar-refractivity contribution in [1.29, 1.82) is 0 Å². The lowest BCUT2D eigenvalue weighted by molar-refractivity contribution is -0.121. The van der Waals surface area contributed by atoms with E-state index in [0.717, 1.165) is 31.6 Å². The van der Waals surface area contributed by atoms with Gasteiger partial charge in [-0.3, -0.25) is 4.79 Å². The van der Waals surface area contributed by atoms with Crippen molar-refractivity contribution >= 4 is 27.5 Å². The summed E-state index contributed by atoms with van der Waals surface area (Å²) in [6.45, 7) is 9.16. The van der Waals surface area contributed by atoms with E-state index in [2.05, 4.69) is 26.1 Å². The standard InChI is InChI=1S/C15H30NOS2/c1-4-12-18-19-13-8-10-15(17)16-11-7-6-9-14(3)5-2/h14H,2,4-13H2,1,3H3,(H,16,17)/q-1. The van der Waals surface area contributed by atoms with Crippen LogP contribution in [0.2, 0.25) is 0 Å². The molecule has 1 N–H and O–H groups in total. The molecule has 2 nitrogen and oxygen atoms in total. The number of carbonyl (C=O) groups excluding carboxylic acids is 1. The summed E-state index contributed by atoms with van der Waals surface area (Å²) in [6, 6.07) is 0. The van der Waals surface area contributed by atoms with E-state index in [-0.39, 0.29) is 5.91 Å². The predicted molar refractivity (Wildman–Crippen MR) is 90.4 cm³/mol. The fraction of sp³-hybridized carbons (Fsp3) is 0.867. The monoisotopic (exact) mass is 304 g/mol. The first-order valence-electron chi connectivity index (χ1n) is 7.51. The maximum Gasteiger partial charge on any atom is 0.220 e. The quantitative estimate of drug-likeness (QED) is 0.304. The van der Waals surface area contributed by atoms with Gasteiger partial charge in [0.1, 0.15) is 0 Å². The average Bonchev–Trinajstić information content (AvgIpc) is 2.42. The number of rotatable bonds is 13. The third-order valence-electron chi connectivity index (χ3n) is 2.94. The molecule has 0 bridgehead atoms. The summed E-state index contributed by atoms with van der Waals surface area (Å²) in [6.07, 6.45) is 7.42. The Morgan fingerprint density at radius 2 is 1.95 bits per heavy atom. The second kappa shape index (κ2) is 14.6. The van der Waals surface area contributed by atoms with Crippen LogP contribution in [0.1, 0.15) is 58.8 Å². The van der Waals surface area contributed by atoms with Crippen LogP contribution in [0.3, 0.4) is 0 Å². The molecule has 0 rings (SSSR count). The molecule has 0 fully saturated rings. The number of unbranched alkanes of at least 4 members (excludes halogenated alkanes) is 1. The molecule has 1 unspecified atom stereocenters. The predicted octanol–water partition coefficient (Wildman–Crippen LogP) is 4.70. The van der Waals surface area contributed by atoms with Gasteiger partial charge in [-0.05, 0) is 19.3 Å². The van der Waals surface area contributed by atoms with Crippen molar-refractivity contribution in [3.8, 4) is 0 Å². The van der Waals surface area contributed by atoms with Gasteiger partial charge in [0.2, 0.25) is 5.91 Å². The molecular weight excluding hydrogens is 274 g/mol. The number of amides is 1. The zero-order valence-corrected chi connectivity index (χ0v) is 14.2. The lowest BCUT2D eigenvalue weighted by Gasteiger charge is -2.11. The molecule has 0 aliphatic heterocycles. The maximum atomic E-state index is 11.5. The second-order valence-corrected chi connectivity index (χ2v) is 7.69. The van der Waals surface area contributed by atoms with E-state index >= 15 is 0 Å². The van der Waals surface area contributed by atoms with Crippen LogP contribution in [-0.4, -0.2) is 24.0 Å². The summed E-state index contributed by atoms with van der Waals surface area (Å²) < 4.78 is 0. The van der Waals surface area contributed by atoms with Crippen LogP contribution < -0.4 is 5.32 Å². The first-order valence-corrected chi connectivity index (χ1v) is 9.99. The van der Waals surface area contributed by atoms with Crippen LogP contribution in [0, 0.1) is 12.8 Å². The molecule has 114 valence electrons. The van der Waals surface area contributed by atoms with Gasteiger partial charge in [0.05, 0.1) is 0 Å². The number of hydrogen-bond donors (Lipinski definition) is 1. The summed E-state index contributed by atoms with van der Waals surface area (Å²) >= 11 is 0. The minimum Gasteiger partial charge on any atom is -0.356 e. The van der Waals surface area contributed by atoms with Gasteiger partial charge in [0.15, 0.2) is 0 Å². The second-order valence-electron chi connectivity index (χ2n) is 4.99. The van der Waals surface area contributed by atoms with Gasteiger partial charge in [-0.15, -0.1) is 0 Å². The third-order valence-corrected chi connectivity index (χ3v) is 5.64. The molecule has 0 heterocycles. The molecule has 0 aromatic carbocycles. The Hall–Kier alpha value is 0.170. The summed E-state index contributed by atoms with van der Waals surface area (Å²) in [5, 5.41) is 3.01. The smallest absolute Gasteiger partial charge is 0.220 e. The molecule has 0 saturated heterocycles. The van der Waals surface area contributed by atoms with Crippen LogP contribution in [0.15, 0.2) is 0 Å². The Labute approximate surface area is 127 Å². The zero-order chi connectivity index (χ0) is 14.3. The van der Waals surface area contributed by atoms with Crippen molar-refractivity contribution in [2.45, 2.75) is 58.8 Å². The van der Waals surface area contributed by atoms with Gasteiger partial charge in [0, 0.05) is 24.5 Å². The Balaban J connectivity index is 3.21. The van der Waals surface area contributed by atoms with Gasteiger partial charge >= 0.3 is 0 Å². The summed E-state index contributed by atoms with van der Waals surface area (Å²) in [7, 11) is 3.80. The molecule has 19 heavy (non-hydrogen) atoms. The highest BCUT2D eigenvalue weighted by molar-refractivity contribution is 8.76. The topological polar surface area (TPSA) is 29.1 Å². The van der Waals surface area contributed by atoms with Crippen LogP contribution in [0.4, 0.5) is 0 Å². The molecular formula is C15H30NOS2-. The summed E-state index contributed by atoms with van der Waals surface area (Å²) in [5.74, 6) is 3.22. The first kappa shape index (κ1) is 19.2. The van der Waals surface area contributed by atoms with Gasteiger partial charge in [-0.25, -0.2) is 0 Å². The van der Waals surface area contributed by atoms with Crippen LogP contribution in [-0.2, 0) is 4.79 Å². The lowest BCUT2D eigenvalue weighted by Crippen LogP contribution is -2.24. The Morgan fingerprint density at radius 1 is 1.21 bits per heavy atom. The molecule has 0 aromatic heterocycles. The molecule has 0 aromatic rings. The van der Waals surface area contributed by atoms with E-state index in [1.54, 1.807) is 0 Å². The zero-order valence-electron chi connectivity index (χ0n) is 12.6. The van der Waals surface area contributed by atoms with Crippen LogP contribution >= 0.6 is 21.6 Å². The van der Waals surface area contributed by atoms with E-state index < -0.39 is 0 Å². The van der Waals surface area contributed by atoms with Gasteiger partial charge in [0.25, 0.3) is 0 Å². The number of carbonyl (C=O) groups is 1. The summed E-state index contributed by atoms with van der Waals surface area (Å²) in [4.78, 5) is 11.5. The van der Waals surface area contributed by atoms with Crippen LogP contribution in [0.5, 0.6) is 0 Å². The van der Waals surface area contributed by atoms with E-state index in [1.165, 1.54) is 25.0 Å². The third kappa shape index (κ3) is 14.4. The van der Waals surface area contributed by atoms with Crippen molar-refractivity contribution in [1.82, 2.24) is 5.32 Å². The minimum atomic E-state index is 0.214. The molecule has 1 atom stereocenters. The Kier molecular flexibility index (Phi) is 14.7. The van der Waals surface area contributed by atoms with Gasteiger partial charge in [-0.1, -0.05) is 54.2 Å². The number of nitrogens with one attached hydrogen (secondary N) is 1. The van der Waals surface area contributed by atoms with E-state index in [9.17, 15) is 4.79 Å². The normalized spacial score (nSPS) is 12.4. The fourth-order valence-corrected chi connectivity index (χ4v) is 3.80. The van der Waals surface area contributed by atoms with E-state index in [0.29, 0.717) is 12.3 Å². The largest absolute Gasteiger partial charge is 0.356 e. The molecule has 1 amide bonds. The molecule has 4 heteroatoms. The highest BCUT2D eigenvalue weighted by Crippen LogP contribution is 2.22. The molecule has 0 saturated carbocycles. The molecule has 0 spiro atoms. The van der Waals surface area contributed by atoms with Crippen LogP contribution in [0.25, 0.3) is 0 Å². The Bertz CT molecular complexity index is 212.